The highest BCUT2D eigenvalue weighted by molar-refractivity contribution is 5.85. The van der Waals surface area contributed by atoms with E-state index in [4.69, 9.17) is 0 Å². The number of benzene rings is 1. The van der Waals surface area contributed by atoms with E-state index in [1.807, 2.05) is 6.92 Å². The van der Waals surface area contributed by atoms with Gasteiger partial charge in [0.1, 0.15) is 5.75 Å². The number of hydrogen-bond acceptors (Lipinski definition) is 3. The smallest absolute Gasteiger partial charge is 0.387 e. The Morgan fingerprint density at radius 2 is 2.27 bits per heavy atom. The van der Waals surface area contributed by atoms with Crippen molar-refractivity contribution >= 4 is 18.3 Å². The molecule has 124 valence electrons. The Kier molecular flexibility index (Phi) is 7.55. The second-order valence-electron chi connectivity index (χ2n) is 5.24. The van der Waals surface area contributed by atoms with Crippen LogP contribution in [0.15, 0.2) is 24.3 Å². The van der Waals surface area contributed by atoms with Gasteiger partial charge in [-0.3, -0.25) is 4.79 Å². The Labute approximate surface area is 135 Å². The molecule has 7 heteroatoms. The van der Waals surface area contributed by atoms with Crippen molar-refractivity contribution in [2.75, 3.05) is 6.54 Å². The lowest BCUT2D eigenvalue weighted by atomic mass is 10.1. The molecule has 1 fully saturated rings. The van der Waals surface area contributed by atoms with Crippen LogP contribution in [0.3, 0.4) is 0 Å². The van der Waals surface area contributed by atoms with Crippen molar-refractivity contribution in [3.05, 3.63) is 29.8 Å². The van der Waals surface area contributed by atoms with Crippen molar-refractivity contribution in [3.8, 4) is 5.75 Å². The van der Waals surface area contributed by atoms with Crippen LogP contribution in [-0.4, -0.2) is 25.1 Å². The molecule has 2 atom stereocenters. The molecule has 0 aromatic heterocycles. The Balaban J connectivity index is 0.00000242. The lowest BCUT2D eigenvalue weighted by molar-refractivity contribution is -0.122. The van der Waals surface area contributed by atoms with Crippen LogP contribution in [0.1, 0.15) is 37.8 Å². The van der Waals surface area contributed by atoms with Crippen LogP contribution >= 0.6 is 12.4 Å². The fraction of sp³-hybridized carbons (Fsp3) is 0.533. The van der Waals surface area contributed by atoms with Crippen LogP contribution in [0, 0.1) is 0 Å². The minimum Gasteiger partial charge on any atom is -0.435 e. The van der Waals surface area contributed by atoms with Gasteiger partial charge in [-0.25, -0.2) is 0 Å². The number of halogens is 3. The van der Waals surface area contributed by atoms with Crippen LogP contribution in [0.5, 0.6) is 5.75 Å². The molecule has 4 nitrogen and oxygen atoms in total. The molecular formula is C15H21ClF2N2O2. The summed E-state index contributed by atoms with van der Waals surface area (Å²) in [6, 6.07) is 6.38. The maximum Gasteiger partial charge on any atom is 0.387 e. The average Bonchev–Trinajstić information content (AvgIpc) is 2.90. The fourth-order valence-electron chi connectivity index (χ4n) is 2.50. The molecule has 1 saturated heterocycles. The summed E-state index contributed by atoms with van der Waals surface area (Å²) in [7, 11) is 0. The highest BCUT2D eigenvalue weighted by atomic mass is 35.5. The normalized spacial score (nSPS) is 18.6. The number of nitrogens with one attached hydrogen (secondary N) is 2. The van der Waals surface area contributed by atoms with Crippen molar-refractivity contribution in [3.63, 3.8) is 0 Å². The molecule has 1 aromatic carbocycles. The summed E-state index contributed by atoms with van der Waals surface area (Å²) in [6.45, 7) is -0.0688. The number of rotatable bonds is 6. The van der Waals surface area contributed by atoms with E-state index in [1.54, 1.807) is 12.1 Å². The SMILES string of the molecule is CC(NC(=O)CC1CCCN1)c1cccc(OC(F)F)c1.Cl. The van der Waals surface area contributed by atoms with E-state index in [-0.39, 0.29) is 36.1 Å². The molecule has 0 spiro atoms. The summed E-state index contributed by atoms with van der Waals surface area (Å²) in [5, 5.41) is 6.15. The van der Waals surface area contributed by atoms with Crippen LogP contribution in [0.4, 0.5) is 8.78 Å². The molecule has 2 unspecified atom stereocenters. The van der Waals surface area contributed by atoms with Gasteiger partial charge in [-0.05, 0) is 44.0 Å². The zero-order valence-electron chi connectivity index (χ0n) is 12.4. The Hall–Kier alpha value is -1.40. The highest BCUT2D eigenvalue weighted by Crippen LogP contribution is 2.21. The third kappa shape index (κ3) is 5.77. The monoisotopic (exact) mass is 334 g/mol. The van der Waals surface area contributed by atoms with Gasteiger partial charge >= 0.3 is 6.61 Å². The van der Waals surface area contributed by atoms with Gasteiger partial charge in [-0.2, -0.15) is 8.78 Å². The molecule has 1 aliphatic rings. The quantitative estimate of drug-likeness (QED) is 0.840. The van der Waals surface area contributed by atoms with Gasteiger partial charge in [0, 0.05) is 12.5 Å². The van der Waals surface area contributed by atoms with E-state index < -0.39 is 6.61 Å². The fourth-order valence-corrected chi connectivity index (χ4v) is 2.50. The second kappa shape index (κ2) is 8.90. The first kappa shape index (κ1) is 18.6. The van der Waals surface area contributed by atoms with E-state index in [0.717, 1.165) is 24.9 Å². The van der Waals surface area contributed by atoms with Crippen molar-refractivity contribution in [2.45, 2.75) is 44.9 Å². The van der Waals surface area contributed by atoms with Crippen LogP contribution in [0.2, 0.25) is 0 Å². The molecular weight excluding hydrogens is 314 g/mol. The molecule has 1 heterocycles. The molecule has 0 saturated carbocycles. The predicted molar refractivity (Wildman–Crippen MR) is 82.5 cm³/mol. The highest BCUT2D eigenvalue weighted by Gasteiger charge is 2.19. The summed E-state index contributed by atoms with van der Waals surface area (Å²) >= 11 is 0. The number of amides is 1. The Bertz CT molecular complexity index is 482. The molecule has 0 radical (unpaired) electrons. The first-order valence-electron chi connectivity index (χ1n) is 7.12. The van der Waals surface area contributed by atoms with Crippen LogP contribution in [0.25, 0.3) is 0 Å². The molecule has 1 amide bonds. The third-order valence-electron chi connectivity index (χ3n) is 3.55. The summed E-state index contributed by atoms with van der Waals surface area (Å²) in [5.74, 6) is 0.0585. The van der Waals surface area contributed by atoms with Crippen molar-refractivity contribution in [1.29, 1.82) is 0 Å². The molecule has 2 rings (SSSR count). The van der Waals surface area contributed by atoms with Gasteiger partial charge in [-0.15, -0.1) is 12.4 Å². The van der Waals surface area contributed by atoms with Gasteiger partial charge in [0.25, 0.3) is 0 Å². The molecule has 0 aliphatic carbocycles. The molecule has 1 aromatic rings. The zero-order valence-corrected chi connectivity index (χ0v) is 13.2. The van der Waals surface area contributed by atoms with E-state index in [2.05, 4.69) is 15.4 Å². The molecule has 1 aliphatic heterocycles. The number of carbonyl (C=O) groups excluding carboxylic acids is 1. The van der Waals surface area contributed by atoms with Gasteiger partial charge in [0.2, 0.25) is 5.91 Å². The molecule has 22 heavy (non-hydrogen) atoms. The van der Waals surface area contributed by atoms with Gasteiger partial charge in [-0.1, -0.05) is 12.1 Å². The number of alkyl halides is 2. The van der Waals surface area contributed by atoms with E-state index in [0.29, 0.717) is 6.42 Å². The first-order chi connectivity index (χ1) is 10.0. The first-order valence-corrected chi connectivity index (χ1v) is 7.12. The van der Waals surface area contributed by atoms with E-state index in [9.17, 15) is 13.6 Å². The maximum atomic E-state index is 12.2. The summed E-state index contributed by atoms with van der Waals surface area (Å²) in [6.07, 6.45) is 2.55. The third-order valence-corrected chi connectivity index (χ3v) is 3.55. The topological polar surface area (TPSA) is 50.4 Å². The zero-order chi connectivity index (χ0) is 15.2. The minimum absolute atomic E-state index is 0. The summed E-state index contributed by atoms with van der Waals surface area (Å²) in [5.41, 5.74) is 0.737. The lowest BCUT2D eigenvalue weighted by Crippen LogP contribution is -2.33. The van der Waals surface area contributed by atoms with Crippen molar-refractivity contribution < 1.29 is 18.3 Å². The summed E-state index contributed by atoms with van der Waals surface area (Å²) < 4.78 is 28.7. The Morgan fingerprint density at radius 3 is 2.91 bits per heavy atom. The number of carbonyl (C=O) groups is 1. The van der Waals surface area contributed by atoms with Crippen molar-refractivity contribution in [2.24, 2.45) is 0 Å². The number of hydrogen-bond donors (Lipinski definition) is 2. The van der Waals surface area contributed by atoms with Crippen LogP contribution < -0.4 is 15.4 Å². The number of ether oxygens (including phenoxy) is 1. The largest absolute Gasteiger partial charge is 0.435 e. The molecule has 2 N–H and O–H groups in total. The maximum absolute atomic E-state index is 12.2. The van der Waals surface area contributed by atoms with Gasteiger partial charge < -0.3 is 15.4 Å². The van der Waals surface area contributed by atoms with Gasteiger partial charge in [0.15, 0.2) is 0 Å². The van der Waals surface area contributed by atoms with Gasteiger partial charge in [0.05, 0.1) is 6.04 Å². The predicted octanol–water partition coefficient (Wildman–Crippen LogP) is 3.03. The van der Waals surface area contributed by atoms with Crippen molar-refractivity contribution in [1.82, 2.24) is 10.6 Å². The lowest BCUT2D eigenvalue weighted by Gasteiger charge is -2.17. The standard InChI is InChI=1S/C15H20F2N2O2.ClH/c1-10(19-14(20)9-12-5-3-7-18-12)11-4-2-6-13(8-11)21-15(16)17;/h2,4,6,8,10,12,15,18H,3,5,7,9H2,1H3,(H,19,20);1H. The summed E-state index contributed by atoms with van der Waals surface area (Å²) in [4.78, 5) is 11.9. The minimum atomic E-state index is -2.85. The van der Waals surface area contributed by atoms with Crippen LogP contribution in [-0.2, 0) is 4.79 Å². The average molecular weight is 335 g/mol. The Morgan fingerprint density at radius 1 is 1.50 bits per heavy atom. The molecule has 0 bridgehead atoms. The van der Waals surface area contributed by atoms with E-state index in [1.165, 1.54) is 12.1 Å². The van der Waals surface area contributed by atoms with E-state index >= 15 is 0 Å². The second-order valence-corrected chi connectivity index (χ2v) is 5.24.